The van der Waals surface area contributed by atoms with Gasteiger partial charge in [0.05, 0.1) is 0 Å². The first-order chi connectivity index (χ1) is 9.85. The highest BCUT2D eigenvalue weighted by Crippen LogP contribution is 2.17. The molecule has 1 unspecified atom stereocenters. The van der Waals surface area contributed by atoms with Crippen molar-refractivity contribution in [2.45, 2.75) is 52.1 Å². The Hall–Kier alpha value is -1.30. The van der Waals surface area contributed by atoms with E-state index in [2.05, 4.69) is 17.1 Å². The number of carbonyl (C=O) groups excluding carboxylic acids is 1. The van der Waals surface area contributed by atoms with Gasteiger partial charge in [-0.15, -0.1) is 0 Å². The van der Waals surface area contributed by atoms with Crippen LogP contribution in [0.25, 0.3) is 0 Å². The summed E-state index contributed by atoms with van der Waals surface area (Å²) in [6.45, 7) is 8.75. The van der Waals surface area contributed by atoms with E-state index in [1.54, 1.807) is 11.9 Å². The average molecular weight is 299 g/mol. The SMILES string of the molecule is CCN1CCCC1CN(C)C(=O)N[C@@H](CC(C)C)C(=O)O. The van der Waals surface area contributed by atoms with Gasteiger partial charge in [-0.3, -0.25) is 4.90 Å². The first-order valence-corrected chi connectivity index (χ1v) is 7.83. The Morgan fingerprint density at radius 1 is 1.43 bits per heavy atom. The molecule has 0 spiro atoms. The van der Waals surface area contributed by atoms with E-state index in [0.29, 0.717) is 19.0 Å². The Balaban J connectivity index is 2.51. The second kappa shape index (κ2) is 8.22. The zero-order valence-corrected chi connectivity index (χ0v) is 13.6. The van der Waals surface area contributed by atoms with Gasteiger partial charge in [0.25, 0.3) is 0 Å². The zero-order valence-electron chi connectivity index (χ0n) is 13.6. The van der Waals surface area contributed by atoms with Crippen LogP contribution in [0.1, 0.15) is 40.0 Å². The van der Waals surface area contributed by atoms with Gasteiger partial charge in [-0.25, -0.2) is 9.59 Å². The van der Waals surface area contributed by atoms with Gasteiger partial charge >= 0.3 is 12.0 Å². The van der Waals surface area contributed by atoms with Crippen molar-refractivity contribution in [3.05, 3.63) is 0 Å². The van der Waals surface area contributed by atoms with E-state index in [4.69, 9.17) is 0 Å². The number of hydrogen-bond donors (Lipinski definition) is 2. The molecule has 0 aromatic rings. The fourth-order valence-electron chi connectivity index (χ4n) is 2.87. The molecule has 1 aliphatic heterocycles. The predicted molar refractivity (Wildman–Crippen MR) is 82.3 cm³/mol. The fraction of sp³-hybridized carbons (Fsp3) is 0.867. The third-order valence-corrected chi connectivity index (χ3v) is 4.04. The largest absolute Gasteiger partial charge is 0.480 e. The van der Waals surface area contributed by atoms with Gasteiger partial charge in [0.15, 0.2) is 0 Å². The number of likely N-dealkylation sites (tertiary alicyclic amines) is 1. The van der Waals surface area contributed by atoms with Gasteiger partial charge in [0.1, 0.15) is 6.04 Å². The highest BCUT2D eigenvalue weighted by atomic mass is 16.4. The summed E-state index contributed by atoms with van der Waals surface area (Å²) in [6.07, 6.45) is 2.71. The van der Waals surface area contributed by atoms with E-state index in [0.717, 1.165) is 19.5 Å². The van der Waals surface area contributed by atoms with Crippen LogP contribution in [0.3, 0.4) is 0 Å². The minimum atomic E-state index is -0.971. The van der Waals surface area contributed by atoms with Crippen LogP contribution in [0.15, 0.2) is 0 Å². The summed E-state index contributed by atoms with van der Waals surface area (Å²) >= 11 is 0. The molecule has 0 saturated carbocycles. The van der Waals surface area contributed by atoms with E-state index in [1.165, 1.54) is 6.42 Å². The molecule has 2 amide bonds. The molecule has 1 fully saturated rings. The van der Waals surface area contributed by atoms with E-state index < -0.39 is 12.0 Å². The second-order valence-corrected chi connectivity index (χ2v) is 6.28. The first-order valence-electron chi connectivity index (χ1n) is 7.83. The van der Waals surface area contributed by atoms with Gasteiger partial charge in [0, 0.05) is 19.6 Å². The first kappa shape index (κ1) is 17.8. The van der Waals surface area contributed by atoms with Crippen LogP contribution in [0.2, 0.25) is 0 Å². The number of carboxylic acids is 1. The number of nitrogens with one attached hydrogen (secondary N) is 1. The van der Waals surface area contributed by atoms with Gasteiger partial charge in [0.2, 0.25) is 0 Å². The summed E-state index contributed by atoms with van der Waals surface area (Å²) in [5.41, 5.74) is 0. The smallest absolute Gasteiger partial charge is 0.326 e. The molecule has 2 atom stereocenters. The van der Waals surface area contributed by atoms with Gasteiger partial charge in [-0.1, -0.05) is 20.8 Å². The van der Waals surface area contributed by atoms with Crippen LogP contribution in [0.5, 0.6) is 0 Å². The zero-order chi connectivity index (χ0) is 16.0. The lowest BCUT2D eigenvalue weighted by Crippen LogP contribution is -2.50. The third kappa shape index (κ3) is 5.53. The van der Waals surface area contributed by atoms with Crippen molar-refractivity contribution in [3.8, 4) is 0 Å². The maximum absolute atomic E-state index is 12.2. The molecule has 6 nitrogen and oxygen atoms in total. The number of amides is 2. The summed E-state index contributed by atoms with van der Waals surface area (Å²) in [4.78, 5) is 27.3. The Morgan fingerprint density at radius 2 is 2.10 bits per heavy atom. The lowest BCUT2D eigenvalue weighted by molar-refractivity contribution is -0.139. The Morgan fingerprint density at radius 3 is 2.62 bits per heavy atom. The van der Waals surface area contributed by atoms with E-state index in [9.17, 15) is 14.7 Å². The van der Waals surface area contributed by atoms with Crippen molar-refractivity contribution < 1.29 is 14.7 Å². The normalized spacial score (nSPS) is 20.5. The summed E-state index contributed by atoms with van der Waals surface area (Å²) in [6, 6.07) is -0.726. The average Bonchev–Trinajstić information content (AvgIpc) is 2.84. The van der Waals surface area contributed by atoms with Crippen LogP contribution in [0, 0.1) is 5.92 Å². The molecule has 0 aromatic carbocycles. The molecule has 1 saturated heterocycles. The molecule has 1 rings (SSSR count). The van der Waals surface area contributed by atoms with Crippen LogP contribution in [-0.2, 0) is 4.79 Å². The van der Waals surface area contributed by atoms with Crippen molar-refractivity contribution in [2.75, 3.05) is 26.7 Å². The number of nitrogens with zero attached hydrogens (tertiary/aromatic N) is 2. The number of aliphatic carboxylic acids is 1. The number of hydrogen-bond acceptors (Lipinski definition) is 3. The van der Waals surface area contributed by atoms with Crippen molar-refractivity contribution in [3.63, 3.8) is 0 Å². The van der Waals surface area contributed by atoms with E-state index >= 15 is 0 Å². The van der Waals surface area contributed by atoms with Crippen molar-refractivity contribution >= 4 is 12.0 Å². The Bertz CT molecular complexity index is 360. The summed E-state index contributed by atoms with van der Waals surface area (Å²) < 4.78 is 0. The van der Waals surface area contributed by atoms with Gasteiger partial charge in [-0.2, -0.15) is 0 Å². The number of likely N-dealkylation sites (N-methyl/N-ethyl adjacent to an activating group) is 2. The lowest BCUT2D eigenvalue weighted by Gasteiger charge is -2.29. The third-order valence-electron chi connectivity index (χ3n) is 4.04. The van der Waals surface area contributed by atoms with E-state index in [1.807, 2.05) is 13.8 Å². The molecule has 6 heteroatoms. The summed E-state index contributed by atoms with van der Waals surface area (Å²) in [7, 11) is 1.73. The molecular weight excluding hydrogens is 270 g/mol. The summed E-state index contributed by atoms with van der Waals surface area (Å²) in [5.74, 6) is -0.747. The minimum absolute atomic E-state index is 0.224. The molecule has 21 heavy (non-hydrogen) atoms. The number of urea groups is 1. The fourth-order valence-corrected chi connectivity index (χ4v) is 2.87. The van der Waals surface area contributed by atoms with Crippen LogP contribution in [0.4, 0.5) is 4.79 Å². The van der Waals surface area contributed by atoms with Gasteiger partial charge < -0.3 is 15.3 Å². The molecule has 1 heterocycles. The van der Waals surface area contributed by atoms with Crippen molar-refractivity contribution in [1.82, 2.24) is 15.1 Å². The van der Waals surface area contributed by atoms with Crippen LogP contribution >= 0.6 is 0 Å². The number of carboxylic acid groups (broad SMARTS) is 1. The monoisotopic (exact) mass is 299 g/mol. The molecule has 0 radical (unpaired) electrons. The maximum Gasteiger partial charge on any atom is 0.326 e. The molecule has 0 bridgehead atoms. The van der Waals surface area contributed by atoms with E-state index in [-0.39, 0.29) is 11.9 Å². The topological polar surface area (TPSA) is 72.9 Å². The van der Waals surface area contributed by atoms with Gasteiger partial charge in [-0.05, 0) is 38.3 Å². The minimum Gasteiger partial charge on any atom is -0.480 e. The second-order valence-electron chi connectivity index (χ2n) is 6.28. The molecule has 1 aliphatic rings. The van der Waals surface area contributed by atoms with Crippen LogP contribution in [-0.4, -0.2) is 65.7 Å². The molecule has 2 N–H and O–H groups in total. The molecule has 0 aliphatic carbocycles. The lowest BCUT2D eigenvalue weighted by atomic mass is 10.0. The van der Waals surface area contributed by atoms with Crippen molar-refractivity contribution in [1.29, 1.82) is 0 Å². The number of rotatable bonds is 7. The Kier molecular flexibility index (Phi) is 6.95. The Labute approximate surface area is 127 Å². The standard InChI is InChI=1S/C15H29N3O3/c1-5-18-8-6-7-12(18)10-17(4)15(21)16-13(14(19)20)9-11(2)3/h11-13H,5-10H2,1-4H3,(H,16,21)(H,19,20)/t12?,13-/m0/s1. The highest BCUT2D eigenvalue weighted by molar-refractivity contribution is 5.82. The number of carbonyl (C=O) groups is 2. The molecule has 122 valence electrons. The molecule has 0 aromatic heterocycles. The summed E-state index contributed by atoms with van der Waals surface area (Å²) in [5, 5.41) is 11.8. The van der Waals surface area contributed by atoms with Crippen molar-refractivity contribution in [2.24, 2.45) is 5.92 Å². The highest BCUT2D eigenvalue weighted by Gasteiger charge is 2.27. The predicted octanol–water partition coefficient (Wildman–Crippen LogP) is 1.61. The molecular formula is C15H29N3O3. The van der Waals surface area contributed by atoms with Crippen LogP contribution < -0.4 is 5.32 Å². The maximum atomic E-state index is 12.2. The quantitative estimate of drug-likeness (QED) is 0.749.